The van der Waals surface area contributed by atoms with Crippen molar-refractivity contribution in [3.8, 4) is 0 Å². The van der Waals surface area contributed by atoms with E-state index in [4.69, 9.17) is 27.9 Å². The van der Waals surface area contributed by atoms with Crippen LogP contribution in [0.4, 0.5) is 0 Å². The quantitative estimate of drug-likeness (QED) is 0.573. The molecule has 0 spiro atoms. The number of aromatic nitrogens is 1. The Hall–Kier alpha value is -2.06. The summed E-state index contributed by atoms with van der Waals surface area (Å²) in [6.07, 6.45) is 1.55. The summed E-state index contributed by atoms with van der Waals surface area (Å²) in [5.74, 6) is -0.276. The van der Waals surface area contributed by atoms with E-state index in [9.17, 15) is 13.2 Å². The molecule has 0 unspecified atom stereocenters. The minimum atomic E-state index is -3.68. The lowest BCUT2D eigenvalue weighted by Crippen LogP contribution is -2.42. The van der Waals surface area contributed by atoms with E-state index in [0.717, 1.165) is 0 Å². The molecule has 2 heterocycles. The van der Waals surface area contributed by atoms with Crippen molar-refractivity contribution in [2.24, 2.45) is 0 Å². The number of halogens is 2. The number of para-hydroxylation sites is 1. The lowest BCUT2D eigenvalue weighted by atomic mass is 10.2. The van der Waals surface area contributed by atoms with E-state index in [2.05, 4.69) is 0 Å². The molecule has 0 radical (unpaired) electrons. The van der Waals surface area contributed by atoms with E-state index < -0.39 is 9.84 Å². The van der Waals surface area contributed by atoms with Gasteiger partial charge in [-0.3, -0.25) is 4.79 Å². The predicted molar refractivity (Wildman–Crippen MR) is 117 cm³/mol. The smallest absolute Gasteiger partial charge is 0.242 e. The summed E-state index contributed by atoms with van der Waals surface area (Å²) in [5, 5.41) is 1.27. The molecule has 4 rings (SSSR count). The Balaban J connectivity index is 1.67. The maximum atomic E-state index is 13.2. The summed E-state index contributed by atoms with van der Waals surface area (Å²) < 4.78 is 33.4. The van der Waals surface area contributed by atoms with Crippen LogP contribution in [-0.2, 0) is 31.7 Å². The number of ether oxygens (including phenoxy) is 1. The molecule has 1 fully saturated rings. The first-order valence-corrected chi connectivity index (χ1v) is 11.9. The molecule has 0 aliphatic carbocycles. The highest BCUT2D eigenvalue weighted by Crippen LogP contribution is 2.30. The fourth-order valence-electron chi connectivity index (χ4n) is 3.58. The molecule has 9 heteroatoms. The van der Waals surface area contributed by atoms with Gasteiger partial charge in [0.25, 0.3) is 0 Å². The second-order valence-electron chi connectivity index (χ2n) is 7.14. The molecule has 0 N–H and O–H groups in total. The second-order valence-corrected chi connectivity index (χ2v) is 9.91. The lowest BCUT2D eigenvalue weighted by Gasteiger charge is -2.27. The minimum Gasteiger partial charge on any atom is -0.378 e. The molecule has 3 aromatic rings. The van der Waals surface area contributed by atoms with Gasteiger partial charge in [-0.2, -0.15) is 0 Å². The Labute approximate surface area is 184 Å². The SMILES string of the molecule is O=C(Cn1cc(S(=O)(=O)Cc2ccc(Cl)c(Cl)c2)c2ccccc21)N1CCOCC1. The van der Waals surface area contributed by atoms with Gasteiger partial charge in [-0.1, -0.05) is 47.5 Å². The number of hydrogen-bond donors (Lipinski definition) is 0. The Bertz CT molecular complexity index is 1200. The second kappa shape index (κ2) is 8.59. The number of hydrogen-bond acceptors (Lipinski definition) is 4. The van der Waals surface area contributed by atoms with Crippen molar-refractivity contribution < 1.29 is 17.9 Å². The normalized spacial score (nSPS) is 14.9. The molecule has 1 aliphatic heterocycles. The fraction of sp³-hybridized carbons (Fsp3) is 0.286. The molecule has 2 aromatic carbocycles. The van der Waals surface area contributed by atoms with E-state index in [-0.39, 0.29) is 23.1 Å². The lowest BCUT2D eigenvalue weighted by molar-refractivity contribution is -0.135. The van der Waals surface area contributed by atoms with Crippen molar-refractivity contribution in [1.29, 1.82) is 0 Å². The number of carbonyl (C=O) groups is 1. The molecule has 158 valence electrons. The van der Waals surface area contributed by atoms with Crippen molar-refractivity contribution in [3.05, 3.63) is 64.3 Å². The first kappa shape index (κ1) is 21.2. The van der Waals surface area contributed by atoms with Gasteiger partial charge in [0.15, 0.2) is 9.84 Å². The Morgan fingerprint density at radius 1 is 1.03 bits per heavy atom. The molecule has 1 aliphatic rings. The van der Waals surface area contributed by atoms with E-state index in [1.54, 1.807) is 46.0 Å². The van der Waals surface area contributed by atoms with E-state index in [1.165, 1.54) is 0 Å². The Morgan fingerprint density at radius 3 is 2.50 bits per heavy atom. The van der Waals surface area contributed by atoms with Crippen molar-refractivity contribution >= 4 is 49.8 Å². The van der Waals surface area contributed by atoms with Gasteiger partial charge in [-0.25, -0.2) is 8.42 Å². The zero-order valence-corrected chi connectivity index (χ0v) is 18.4. The first-order valence-electron chi connectivity index (χ1n) is 9.45. The summed E-state index contributed by atoms with van der Waals surface area (Å²) >= 11 is 12.0. The van der Waals surface area contributed by atoms with Crippen LogP contribution in [-0.4, -0.2) is 50.1 Å². The highest BCUT2D eigenvalue weighted by Gasteiger charge is 2.24. The van der Waals surface area contributed by atoms with Gasteiger partial charge in [-0.05, 0) is 23.8 Å². The summed E-state index contributed by atoms with van der Waals surface area (Å²) in [6.45, 7) is 2.19. The number of sulfone groups is 1. The molecule has 0 atom stereocenters. The molecule has 1 saturated heterocycles. The van der Waals surface area contributed by atoms with Crippen LogP contribution >= 0.6 is 23.2 Å². The zero-order valence-electron chi connectivity index (χ0n) is 16.1. The van der Waals surface area contributed by atoms with Crippen LogP contribution in [0.5, 0.6) is 0 Å². The van der Waals surface area contributed by atoms with Crippen LogP contribution < -0.4 is 0 Å². The highest BCUT2D eigenvalue weighted by atomic mass is 35.5. The number of benzene rings is 2. The number of rotatable bonds is 5. The third-order valence-electron chi connectivity index (χ3n) is 5.10. The van der Waals surface area contributed by atoms with Gasteiger partial charge < -0.3 is 14.2 Å². The number of carbonyl (C=O) groups excluding carboxylic acids is 1. The predicted octanol–water partition coefficient (Wildman–Crippen LogP) is 3.78. The standard InChI is InChI=1S/C21H20Cl2N2O4S/c22-17-6-5-15(11-18(17)23)14-30(27,28)20-12-25(19-4-2-1-3-16(19)20)13-21(26)24-7-9-29-10-8-24/h1-6,11-12H,7-10,13-14H2. The largest absolute Gasteiger partial charge is 0.378 e. The third kappa shape index (κ3) is 4.34. The van der Waals surface area contributed by atoms with Gasteiger partial charge in [0, 0.05) is 30.2 Å². The van der Waals surface area contributed by atoms with Crippen LogP contribution in [0.15, 0.2) is 53.6 Å². The van der Waals surface area contributed by atoms with Gasteiger partial charge in [0.05, 0.1) is 33.9 Å². The van der Waals surface area contributed by atoms with Crippen LogP contribution in [0.1, 0.15) is 5.56 Å². The molecule has 0 saturated carbocycles. The van der Waals surface area contributed by atoms with Crippen LogP contribution in [0.3, 0.4) is 0 Å². The summed E-state index contributed by atoms with van der Waals surface area (Å²) in [6, 6.07) is 12.0. The first-order chi connectivity index (χ1) is 14.3. The van der Waals surface area contributed by atoms with Crippen molar-refractivity contribution in [2.75, 3.05) is 26.3 Å². The van der Waals surface area contributed by atoms with E-state index >= 15 is 0 Å². The Morgan fingerprint density at radius 2 is 1.77 bits per heavy atom. The summed E-state index contributed by atoms with van der Waals surface area (Å²) in [5.41, 5.74) is 1.25. The van der Waals surface area contributed by atoms with Crippen LogP contribution in [0.25, 0.3) is 10.9 Å². The molecule has 6 nitrogen and oxygen atoms in total. The van der Waals surface area contributed by atoms with Gasteiger partial charge in [-0.15, -0.1) is 0 Å². The number of nitrogens with zero attached hydrogens (tertiary/aromatic N) is 2. The van der Waals surface area contributed by atoms with Crippen LogP contribution in [0, 0.1) is 0 Å². The average Bonchev–Trinajstić information content (AvgIpc) is 3.11. The van der Waals surface area contributed by atoms with Crippen molar-refractivity contribution in [2.45, 2.75) is 17.2 Å². The van der Waals surface area contributed by atoms with E-state index in [0.29, 0.717) is 52.8 Å². The van der Waals surface area contributed by atoms with Crippen molar-refractivity contribution in [3.63, 3.8) is 0 Å². The van der Waals surface area contributed by atoms with Crippen LogP contribution in [0.2, 0.25) is 10.0 Å². The third-order valence-corrected chi connectivity index (χ3v) is 7.55. The zero-order chi connectivity index (χ0) is 21.3. The molecular weight excluding hydrogens is 447 g/mol. The number of morpholine rings is 1. The summed E-state index contributed by atoms with van der Waals surface area (Å²) in [4.78, 5) is 14.6. The number of fused-ring (bicyclic) bond motifs is 1. The van der Waals surface area contributed by atoms with E-state index in [1.807, 2.05) is 12.1 Å². The topological polar surface area (TPSA) is 68.6 Å². The maximum Gasteiger partial charge on any atom is 0.242 e. The van der Waals surface area contributed by atoms with Crippen molar-refractivity contribution in [1.82, 2.24) is 9.47 Å². The van der Waals surface area contributed by atoms with Gasteiger partial charge >= 0.3 is 0 Å². The minimum absolute atomic E-state index is 0.0625. The summed E-state index contributed by atoms with van der Waals surface area (Å²) in [7, 11) is -3.68. The Kier molecular flexibility index (Phi) is 6.06. The van der Waals surface area contributed by atoms with Gasteiger partial charge in [0.1, 0.15) is 6.54 Å². The molecule has 0 bridgehead atoms. The number of amides is 1. The molecule has 1 amide bonds. The average molecular weight is 467 g/mol. The highest BCUT2D eigenvalue weighted by molar-refractivity contribution is 7.90. The molecule has 1 aromatic heterocycles. The monoisotopic (exact) mass is 466 g/mol. The maximum absolute atomic E-state index is 13.2. The molecular formula is C21H20Cl2N2O4S. The van der Waals surface area contributed by atoms with Gasteiger partial charge in [0.2, 0.25) is 5.91 Å². The molecule has 30 heavy (non-hydrogen) atoms. The fourth-order valence-corrected chi connectivity index (χ4v) is 5.47.